The molecule has 1 amide bonds. The Morgan fingerprint density at radius 3 is 2.74 bits per heavy atom. The van der Waals surface area contributed by atoms with Gasteiger partial charge in [-0.25, -0.2) is 18.1 Å². The molecule has 1 aliphatic heterocycles. The van der Waals surface area contributed by atoms with Crippen molar-refractivity contribution >= 4 is 54.4 Å². The minimum atomic E-state index is -3.67. The number of nitrogens with zero attached hydrogens (tertiary/aromatic N) is 1. The number of rotatable bonds is 9. The molecule has 1 aliphatic rings. The summed E-state index contributed by atoms with van der Waals surface area (Å²) in [5.74, 6) is -0.213. The molecule has 0 bridgehead atoms. The number of carbonyl (C=O) groups excluding carboxylic acids is 1. The van der Waals surface area contributed by atoms with Crippen molar-refractivity contribution in [3.63, 3.8) is 0 Å². The first-order valence-electron chi connectivity index (χ1n) is 9.42. The van der Waals surface area contributed by atoms with Crippen molar-refractivity contribution in [2.75, 3.05) is 37.0 Å². The van der Waals surface area contributed by atoms with Crippen LogP contribution in [0.25, 0.3) is 15.8 Å². The topological polar surface area (TPSA) is 130 Å². The van der Waals surface area contributed by atoms with E-state index in [0.29, 0.717) is 11.3 Å². The molecule has 0 radical (unpaired) electrons. The van der Waals surface area contributed by atoms with Gasteiger partial charge in [-0.3, -0.25) is 4.79 Å². The predicted molar refractivity (Wildman–Crippen MR) is 119 cm³/mol. The van der Waals surface area contributed by atoms with Gasteiger partial charge in [0.1, 0.15) is 0 Å². The number of thiazole rings is 1. The quantitative estimate of drug-likeness (QED) is 0.284. The number of hydrogen-bond acceptors (Lipinski definition) is 8. The summed E-state index contributed by atoms with van der Waals surface area (Å²) in [6, 6.07) is 9.89. The number of aliphatic hydroxyl groups excluding tert-OH is 1. The molecule has 4 rings (SSSR count). The zero-order chi connectivity index (χ0) is 21.8. The SMILES string of the molecule is O=C1Nc2ccc3ncsc3c2/C1=C/Nc1ccc(S(=O)(=O)NCCOCCO)cc1. The molecule has 0 saturated carbocycles. The van der Waals surface area contributed by atoms with Crippen molar-refractivity contribution in [1.29, 1.82) is 0 Å². The lowest BCUT2D eigenvalue weighted by molar-refractivity contribution is -0.110. The number of benzene rings is 2. The van der Waals surface area contributed by atoms with Crippen LogP contribution in [-0.2, 0) is 19.6 Å². The van der Waals surface area contributed by atoms with Gasteiger partial charge in [-0.05, 0) is 36.4 Å². The Hall–Kier alpha value is -2.83. The summed E-state index contributed by atoms with van der Waals surface area (Å²) in [5.41, 5.74) is 5.25. The summed E-state index contributed by atoms with van der Waals surface area (Å²) >= 11 is 1.47. The second-order valence-electron chi connectivity index (χ2n) is 6.60. The summed E-state index contributed by atoms with van der Waals surface area (Å²) in [6.45, 7) is 0.326. The first-order chi connectivity index (χ1) is 15.0. The Kier molecular flexibility index (Phi) is 6.30. The van der Waals surface area contributed by atoms with Crippen molar-refractivity contribution in [3.05, 3.63) is 53.7 Å². The zero-order valence-electron chi connectivity index (χ0n) is 16.3. The fourth-order valence-electron chi connectivity index (χ4n) is 3.12. The molecule has 0 saturated heterocycles. The highest BCUT2D eigenvalue weighted by molar-refractivity contribution is 7.89. The van der Waals surface area contributed by atoms with Crippen LogP contribution in [0.15, 0.2) is 53.0 Å². The van der Waals surface area contributed by atoms with Crippen molar-refractivity contribution < 1.29 is 23.1 Å². The molecule has 0 spiro atoms. The van der Waals surface area contributed by atoms with Crippen molar-refractivity contribution in [3.8, 4) is 0 Å². The fraction of sp³-hybridized carbons (Fsp3) is 0.200. The van der Waals surface area contributed by atoms with Gasteiger partial charge in [-0.2, -0.15) is 0 Å². The van der Waals surface area contributed by atoms with Gasteiger partial charge in [-0.1, -0.05) is 0 Å². The number of aromatic nitrogens is 1. The van der Waals surface area contributed by atoms with Gasteiger partial charge < -0.3 is 20.5 Å². The van der Waals surface area contributed by atoms with Crippen LogP contribution in [0.3, 0.4) is 0 Å². The first-order valence-corrected chi connectivity index (χ1v) is 11.8. The molecule has 0 aliphatic carbocycles. The molecule has 2 aromatic carbocycles. The van der Waals surface area contributed by atoms with Crippen LogP contribution in [0.2, 0.25) is 0 Å². The lowest BCUT2D eigenvalue weighted by Crippen LogP contribution is -2.27. The molecular weight excluding hydrogens is 440 g/mol. The van der Waals surface area contributed by atoms with E-state index >= 15 is 0 Å². The highest BCUT2D eigenvalue weighted by Crippen LogP contribution is 2.39. The molecule has 11 heteroatoms. The van der Waals surface area contributed by atoms with Gasteiger partial charge in [-0.15, -0.1) is 11.3 Å². The molecule has 9 nitrogen and oxygen atoms in total. The van der Waals surface area contributed by atoms with Crippen molar-refractivity contribution in [2.24, 2.45) is 0 Å². The first kappa shape index (κ1) is 21.4. The van der Waals surface area contributed by atoms with Crippen molar-refractivity contribution in [1.82, 2.24) is 9.71 Å². The van der Waals surface area contributed by atoms with E-state index in [0.717, 1.165) is 21.5 Å². The van der Waals surface area contributed by atoms with Crippen LogP contribution in [-0.4, -0.2) is 50.8 Å². The van der Waals surface area contributed by atoms with E-state index in [4.69, 9.17) is 9.84 Å². The molecule has 0 fully saturated rings. The van der Waals surface area contributed by atoms with E-state index in [1.54, 1.807) is 23.8 Å². The Labute approximate surface area is 182 Å². The second-order valence-corrected chi connectivity index (χ2v) is 9.23. The third kappa shape index (κ3) is 4.60. The van der Waals surface area contributed by atoms with Crippen LogP contribution in [0.1, 0.15) is 5.56 Å². The summed E-state index contributed by atoms with van der Waals surface area (Å²) in [5, 5.41) is 14.6. The lowest BCUT2D eigenvalue weighted by Gasteiger charge is -2.08. The Bertz CT molecular complexity index is 1240. The number of sulfonamides is 1. The van der Waals surface area contributed by atoms with Crippen molar-refractivity contribution in [2.45, 2.75) is 4.90 Å². The van der Waals surface area contributed by atoms with Crippen LogP contribution in [0, 0.1) is 0 Å². The average molecular weight is 461 g/mol. The standard InChI is InChI=1S/C20H20N4O5S2/c25-8-10-29-9-7-23-31(27,28)14-3-1-13(2-4-14)21-11-15-18-16(24-20(15)26)5-6-17-19(18)30-12-22-17/h1-6,11-12,21,23,25H,7-10H2,(H,24,26)/b15-11-. The normalized spacial score (nSPS) is 14.7. The number of aliphatic hydroxyl groups is 1. The van der Waals surface area contributed by atoms with Gasteiger partial charge in [0.05, 0.1) is 51.7 Å². The Balaban J connectivity index is 1.46. The summed E-state index contributed by atoms with van der Waals surface area (Å²) in [4.78, 5) is 16.8. The van der Waals surface area contributed by atoms with E-state index in [1.807, 2.05) is 12.1 Å². The number of carbonyl (C=O) groups is 1. The van der Waals surface area contributed by atoms with E-state index in [9.17, 15) is 13.2 Å². The highest BCUT2D eigenvalue weighted by Gasteiger charge is 2.27. The van der Waals surface area contributed by atoms with Gasteiger partial charge in [0.15, 0.2) is 0 Å². The number of hydrogen-bond donors (Lipinski definition) is 4. The molecular formula is C20H20N4O5S2. The Morgan fingerprint density at radius 2 is 1.97 bits per heavy atom. The molecule has 3 aromatic rings. The average Bonchev–Trinajstić information content (AvgIpc) is 3.35. The van der Waals surface area contributed by atoms with E-state index < -0.39 is 10.0 Å². The molecule has 4 N–H and O–H groups in total. The second kappa shape index (κ2) is 9.12. The van der Waals surface area contributed by atoms with E-state index in [1.165, 1.54) is 23.5 Å². The van der Waals surface area contributed by atoms with Crippen LogP contribution < -0.4 is 15.4 Å². The molecule has 2 heterocycles. The Morgan fingerprint density at radius 1 is 1.16 bits per heavy atom. The van der Waals surface area contributed by atoms with Gasteiger partial charge >= 0.3 is 0 Å². The highest BCUT2D eigenvalue weighted by atomic mass is 32.2. The van der Waals surface area contributed by atoms with Gasteiger partial charge in [0.25, 0.3) is 5.91 Å². The number of fused-ring (bicyclic) bond motifs is 3. The smallest absolute Gasteiger partial charge is 0.257 e. The van der Waals surface area contributed by atoms with E-state index in [2.05, 4.69) is 20.3 Å². The number of amides is 1. The monoisotopic (exact) mass is 460 g/mol. The number of ether oxygens (including phenoxy) is 1. The summed E-state index contributed by atoms with van der Waals surface area (Å²) in [6.07, 6.45) is 1.61. The third-order valence-corrected chi connectivity index (χ3v) is 6.92. The predicted octanol–water partition coefficient (Wildman–Crippen LogP) is 1.99. The summed E-state index contributed by atoms with van der Waals surface area (Å²) < 4.78 is 33.0. The van der Waals surface area contributed by atoms with Crippen LogP contribution >= 0.6 is 11.3 Å². The third-order valence-electron chi connectivity index (χ3n) is 4.58. The minimum absolute atomic E-state index is 0.106. The minimum Gasteiger partial charge on any atom is -0.394 e. The maximum absolute atomic E-state index is 12.4. The summed E-state index contributed by atoms with van der Waals surface area (Å²) in [7, 11) is -3.67. The van der Waals surface area contributed by atoms with Gasteiger partial charge in [0.2, 0.25) is 10.0 Å². The van der Waals surface area contributed by atoms with Gasteiger partial charge in [0, 0.05) is 24.0 Å². The molecule has 31 heavy (non-hydrogen) atoms. The molecule has 162 valence electrons. The van der Waals surface area contributed by atoms with Crippen LogP contribution in [0.4, 0.5) is 11.4 Å². The molecule has 0 unspecified atom stereocenters. The molecule has 1 aromatic heterocycles. The van der Waals surface area contributed by atoms with Crippen LogP contribution in [0.5, 0.6) is 0 Å². The maximum Gasteiger partial charge on any atom is 0.257 e. The van der Waals surface area contributed by atoms with E-state index in [-0.39, 0.29) is 37.2 Å². The maximum atomic E-state index is 12.4. The fourth-order valence-corrected chi connectivity index (χ4v) is 4.99. The molecule has 0 atom stereocenters. The zero-order valence-corrected chi connectivity index (χ0v) is 17.9. The number of nitrogens with one attached hydrogen (secondary N) is 3. The number of anilines is 2. The largest absolute Gasteiger partial charge is 0.394 e. The lowest BCUT2D eigenvalue weighted by atomic mass is 10.1.